The highest BCUT2D eigenvalue weighted by Gasteiger charge is 2.17. The van der Waals surface area contributed by atoms with E-state index < -0.39 is 0 Å². The maximum absolute atomic E-state index is 11.9. The fraction of sp³-hybridized carbons (Fsp3) is 0.643. The summed E-state index contributed by atoms with van der Waals surface area (Å²) in [6.07, 6.45) is 2.84. The molecule has 0 radical (unpaired) electrons. The first-order valence-corrected chi connectivity index (χ1v) is 7.81. The summed E-state index contributed by atoms with van der Waals surface area (Å²) in [5, 5.41) is 8.47. The molecule has 4 nitrogen and oxygen atoms in total. The minimum atomic E-state index is 0.0851. The standard InChI is InChI=1S/C14H22N2O2S/c1-2-12(13-4-3-9-19-13)15-10-14(17)16-11-5-7-18-8-6-11/h3-4,9,11-12,15H,2,5-8,10H2,1H3,(H,16,17). The summed E-state index contributed by atoms with van der Waals surface area (Å²) in [4.78, 5) is 13.2. The summed E-state index contributed by atoms with van der Waals surface area (Å²) >= 11 is 1.73. The highest BCUT2D eigenvalue weighted by molar-refractivity contribution is 7.10. The van der Waals surface area contributed by atoms with E-state index in [0.29, 0.717) is 6.54 Å². The van der Waals surface area contributed by atoms with Gasteiger partial charge >= 0.3 is 0 Å². The maximum atomic E-state index is 11.9. The first-order chi connectivity index (χ1) is 9.29. The van der Waals surface area contributed by atoms with Crippen molar-refractivity contribution < 1.29 is 9.53 Å². The molecule has 1 amide bonds. The number of nitrogens with one attached hydrogen (secondary N) is 2. The number of amides is 1. The van der Waals surface area contributed by atoms with Crippen molar-refractivity contribution in [2.45, 2.75) is 38.3 Å². The van der Waals surface area contributed by atoms with Crippen LogP contribution in [0.1, 0.15) is 37.1 Å². The lowest BCUT2D eigenvalue weighted by Gasteiger charge is -2.23. The van der Waals surface area contributed by atoms with Crippen molar-refractivity contribution in [3.8, 4) is 0 Å². The first-order valence-electron chi connectivity index (χ1n) is 6.93. The summed E-state index contributed by atoms with van der Waals surface area (Å²) in [6.45, 7) is 4.03. The second-order valence-corrected chi connectivity index (χ2v) is 5.79. The maximum Gasteiger partial charge on any atom is 0.234 e. The van der Waals surface area contributed by atoms with Crippen LogP contribution in [0.15, 0.2) is 17.5 Å². The summed E-state index contributed by atoms with van der Waals surface area (Å²) in [5.41, 5.74) is 0. The first kappa shape index (κ1) is 14.5. The Bertz CT molecular complexity index is 375. The average molecular weight is 282 g/mol. The Hall–Kier alpha value is -0.910. The van der Waals surface area contributed by atoms with E-state index in [2.05, 4.69) is 29.0 Å². The van der Waals surface area contributed by atoms with E-state index in [9.17, 15) is 4.79 Å². The molecule has 1 aromatic heterocycles. The number of carbonyl (C=O) groups excluding carboxylic acids is 1. The largest absolute Gasteiger partial charge is 0.381 e. The van der Waals surface area contributed by atoms with Gasteiger partial charge in [-0.1, -0.05) is 13.0 Å². The lowest BCUT2D eigenvalue weighted by Crippen LogP contribution is -2.43. The molecular formula is C14H22N2O2S. The van der Waals surface area contributed by atoms with Gasteiger partial charge in [-0.2, -0.15) is 0 Å². The van der Waals surface area contributed by atoms with Crippen LogP contribution in [0, 0.1) is 0 Å². The van der Waals surface area contributed by atoms with Crippen molar-refractivity contribution in [1.82, 2.24) is 10.6 Å². The van der Waals surface area contributed by atoms with Crippen LogP contribution >= 0.6 is 11.3 Å². The van der Waals surface area contributed by atoms with Crippen LogP contribution < -0.4 is 10.6 Å². The van der Waals surface area contributed by atoms with Gasteiger partial charge in [0.25, 0.3) is 0 Å². The molecule has 1 saturated heterocycles. The minimum Gasteiger partial charge on any atom is -0.381 e. The van der Waals surface area contributed by atoms with Crippen molar-refractivity contribution in [2.75, 3.05) is 19.8 Å². The van der Waals surface area contributed by atoms with Crippen molar-refractivity contribution >= 4 is 17.2 Å². The number of rotatable bonds is 6. The Kier molecular flexibility index (Phi) is 5.82. The quantitative estimate of drug-likeness (QED) is 0.840. The molecule has 1 aliphatic heterocycles. The molecule has 19 heavy (non-hydrogen) atoms. The van der Waals surface area contributed by atoms with E-state index in [1.165, 1.54) is 4.88 Å². The van der Waals surface area contributed by atoms with E-state index in [1.54, 1.807) is 11.3 Å². The van der Waals surface area contributed by atoms with Crippen LogP contribution in [0.5, 0.6) is 0 Å². The van der Waals surface area contributed by atoms with E-state index in [1.807, 2.05) is 6.07 Å². The fourth-order valence-electron chi connectivity index (χ4n) is 2.27. The molecule has 0 bridgehead atoms. The van der Waals surface area contributed by atoms with Gasteiger partial charge in [-0.25, -0.2) is 0 Å². The van der Waals surface area contributed by atoms with E-state index >= 15 is 0 Å². The SMILES string of the molecule is CCC(NCC(=O)NC1CCOCC1)c1cccs1. The molecule has 1 unspecified atom stereocenters. The van der Waals surface area contributed by atoms with Gasteiger partial charge < -0.3 is 15.4 Å². The second kappa shape index (κ2) is 7.62. The van der Waals surface area contributed by atoms with Gasteiger partial charge in [0.2, 0.25) is 5.91 Å². The van der Waals surface area contributed by atoms with E-state index in [-0.39, 0.29) is 18.0 Å². The monoisotopic (exact) mass is 282 g/mol. The van der Waals surface area contributed by atoms with Gasteiger partial charge in [0.1, 0.15) is 0 Å². The van der Waals surface area contributed by atoms with Crippen LogP contribution in [-0.2, 0) is 9.53 Å². The molecule has 1 aliphatic rings. The molecule has 1 fully saturated rings. The lowest BCUT2D eigenvalue weighted by atomic mass is 10.1. The van der Waals surface area contributed by atoms with Crippen molar-refractivity contribution in [3.05, 3.63) is 22.4 Å². The van der Waals surface area contributed by atoms with E-state index in [4.69, 9.17) is 4.74 Å². The molecule has 1 atom stereocenters. The summed E-state index contributed by atoms with van der Waals surface area (Å²) < 4.78 is 5.28. The second-order valence-electron chi connectivity index (χ2n) is 4.81. The lowest BCUT2D eigenvalue weighted by molar-refractivity contribution is -0.121. The summed E-state index contributed by atoms with van der Waals surface area (Å²) in [7, 11) is 0. The highest BCUT2D eigenvalue weighted by atomic mass is 32.1. The Balaban J connectivity index is 1.72. The Morgan fingerprint density at radius 3 is 2.95 bits per heavy atom. The van der Waals surface area contributed by atoms with Gasteiger partial charge in [-0.15, -0.1) is 11.3 Å². The van der Waals surface area contributed by atoms with Gasteiger partial charge in [0, 0.05) is 30.2 Å². The molecule has 106 valence electrons. The van der Waals surface area contributed by atoms with Crippen LogP contribution in [-0.4, -0.2) is 31.7 Å². The Labute approximate surface area is 118 Å². The molecule has 0 saturated carbocycles. The summed E-state index contributed by atoms with van der Waals surface area (Å²) in [5.74, 6) is 0.0851. The van der Waals surface area contributed by atoms with Gasteiger partial charge in [0.15, 0.2) is 0 Å². The van der Waals surface area contributed by atoms with Crippen LogP contribution in [0.2, 0.25) is 0 Å². The fourth-order valence-corrected chi connectivity index (χ4v) is 3.16. The van der Waals surface area contributed by atoms with Crippen LogP contribution in [0.4, 0.5) is 0 Å². The molecule has 1 aromatic rings. The number of hydrogen-bond donors (Lipinski definition) is 2. The number of carbonyl (C=O) groups is 1. The van der Waals surface area contributed by atoms with Crippen molar-refractivity contribution in [2.24, 2.45) is 0 Å². The number of ether oxygens (including phenoxy) is 1. The highest BCUT2D eigenvalue weighted by Crippen LogP contribution is 2.21. The normalized spacial score (nSPS) is 18.2. The Morgan fingerprint density at radius 2 is 2.32 bits per heavy atom. The smallest absolute Gasteiger partial charge is 0.234 e. The van der Waals surface area contributed by atoms with Gasteiger partial charge in [-0.3, -0.25) is 4.79 Å². The average Bonchev–Trinajstić information content (AvgIpc) is 2.95. The van der Waals surface area contributed by atoms with E-state index in [0.717, 1.165) is 32.5 Å². The van der Waals surface area contributed by atoms with Gasteiger partial charge in [0.05, 0.1) is 6.54 Å². The third kappa shape index (κ3) is 4.60. The molecule has 0 aromatic carbocycles. The molecule has 2 N–H and O–H groups in total. The number of thiophene rings is 1. The van der Waals surface area contributed by atoms with Crippen LogP contribution in [0.3, 0.4) is 0 Å². The predicted octanol–water partition coefficient (Wildman–Crippen LogP) is 2.08. The third-order valence-corrected chi connectivity index (χ3v) is 4.38. The molecular weight excluding hydrogens is 260 g/mol. The molecule has 0 aliphatic carbocycles. The van der Waals surface area contributed by atoms with Gasteiger partial charge in [-0.05, 0) is 30.7 Å². The zero-order valence-electron chi connectivity index (χ0n) is 11.4. The van der Waals surface area contributed by atoms with Crippen molar-refractivity contribution in [3.63, 3.8) is 0 Å². The third-order valence-electron chi connectivity index (χ3n) is 3.39. The molecule has 2 heterocycles. The van der Waals surface area contributed by atoms with Crippen molar-refractivity contribution in [1.29, 1.82) is 0 Å². The molecule has 5 heteroatoms. The minimum absolute atomic E-state index is 0.0851. The summed E-state index contributed by atoms with van der Waals surface area (Å²) in [6, 6.07) is 4.72. The molecule has 2 rings (SSSR count). The number of hydrogen-bond acceptors (Lipinski definition) is 4. The zero-order chi connectivity index (χ0) is 13.5. The predicted molar refractivity (Wildman–Crippen MR) is 77.3 cm³/mol. The Morgan fingerprint density at radius 1 is 1.53 bits per heavy atom. The zero-order valence-corrected chi connectivity index (χ0v) is 12.2. The topological polar surface area (TPSA) is 50.4 Å². The molecule has 0 spiro atoms. The van der Waals surface area contributed by atoms with Crippen LogP contribution in [0.25, 0.3) is 0 Å².